The van der Waals surface area contributed by atoms with Crippen LogP contribution in [-0.4, -0.2) is 59.6 Å². The third-order valence-corrected chi connectivity index (χ3v) is 8.74. The Kier molecular flexibility index (Phi) is 6.47. The van der Waals surface area contributed by atoms with Gasteiger partial charge in [-0.05, 0) is 36.2 Å². The molecule has 12 heteroatoms. The molecule has 0 spiro atoms. The molecule has 2 aliphatic rings. The summed E-state index contributed by atoms with van der Waals surface area (Å²) in [5.41, 5.74) is 7.74. The Labute approximate surface area is 212 Å². The van der Waals surface area contributed by atoms with Gasteiger partial charge in [-0.2, -0.15) is 5.10 Å². The van der Waals surface area contributed by atoms with Gasteiger partial charge in [-0.15, -0.1) is 0 Å². The number of carbonyl (C=O) groups is 1. The molecule has 1 aromatic carbocycles. The van der Waals surface area contributed by atoms with Gasteiger partial charge in [0.25, 0.3) is 0 Å². The Hall–Kier alpha value is -3.41. The molecule has 0 unspecified atom stereocenters. The number of alkyl halides is 2. The summed E-state index contributed by atoms with van der Waals surface area (Å²) in [7, 11) is -3.03. The maximum atomic E-state index is 14.5. The maximum absolute atomic E-state index is 14.5. The van der Waals surface area contributed by atoms with E-state index in [0.29, 0.717) is 24.2 Å². The molecule has 1 aliphatic heterocycles. The Morgan fingerprint density at radius 2 is 1.81 bits per heavy atom. The lowest BCUT2D eigenvalue weighted by atomic mass is 9.74. The molecule has 1 aliphatic carbocycles. The fourth-order valence-electron chi connectivity index (χ4n) is 5.12. The van der Waals surface area contributed by atoms with Gasteiger partial charge in [0.1, 0.15) is 0 Å². The topological polar surface area (TPSA) is 111 Å². The van der Waals surface area contributed by atoms with Crippen LogP contribution < -0.4 is 10.6 Å². The van der Waals surface area contributed by atoms with E-state index in [9.17, 15) is 26.4 Å². The van der Waals surface area contributed by atoms with Crippen LogP contribution in [0.3, 0.4) is 0 Å². The quantitative estimate of drug-likeness (QED) is 0.539. The van der Waals surface area contributed by atoms with Gasteiger partial charge in [0, 0.05) is 61.4 Å². The van der Waals surface area contributed by atoms with Gasteiger partial charge in [-0.3, -0.25) is 4.79 Å². The Bertz CT molecular complexity index is 1410. The second kappa shape index (κ2) is 9.47. The van der Waals surface area contributed by atoms with E-state index in [2.05, 4.69) is 10.1 Å². The molecule has 1 saturated heterocycles. The number of aromatic nitrogens is 3. The molecule has 37 heavy (non-hydrogen) atoms. The molecule has 1 saturated carbocycles. The van der Waals surface area contributed by atoms with Crippen LogP contribution in [0.4, 0.5) is 18.9 Å². The highest BCUT2D eigenvalue weighted by Gasteiger charge is 2.46. The molecule has 2 atom stereocenters. The normalized spacial score (nSPS) is 23.1. The van der Waals surface area contributed by atoms with Crippen molar-refractivity contribution in [3.8, 4) is 16.9 Å². The number of nitrogens with two attached hydrogens (primary N) is 1. The minimum Gasteiger partial charge on any atom is -0.369 e. The second-order valence-corrected chi connectivity index (χ2v) is 11.9. The van der Waals surface area contributed by atoms with Crippen LogP contribution in [0, 0.1) is 11.7 Å². The van der Waals surface area contributed by atoms with E-state index < -0.39 is 52.2 Å². The number of hydrogen-bond donors (Lipinski definition) is 1. The summed E-state index contributed by atoms with van der Waals surface area (Å²) < 4.78 is 68.3. The molecule has 1 amide bonds. The molecule has 0 radical (unpaired) electrons. The lowest BCUT2D eigenvalue weighted by Crippen LogP contribution is -2.40. The zero-order chi connectivity index (χ0) is 26.4. The molecule has 196 valence electrons. The smallest absolute Gasteiger partial charge is 0.248 e. The molecule has 2 aromatic heterocycles. The summed E-state index contributed by atoms with van der Waals surface area (Å²) in [5, 5.41) is 4.46. The van der Waals surface area contributed by atoms with Gasteiger partial charge >= 0.3 is 0 Å². The van der Waals surface area contributed by atoms with Gasteiger partial charge in [0.15, 0.2) is 21.5 Å². The minimum absolute atomic E-state index is 0.0751. The third kappa shape index (κ3) is 5.20. The van der Waals surface area contributed by atoms with E-state index in [-0.39, 0.29) is 29.4 Å². The summed E-state index contributed by atoms with van der Waals surface area (Å²) in [6, 6.07) is 9.83. The highest BCUT2D eigenvalue weighted by molar-refractivity contribution is 7.91. The molecular weight excluding hydrogens is 507 g/mol. The number of primary amides is 1. The Morgan fingerprint density at radius 3 is 2.46 bits per heavy atom. The van der Waals surface area contributed by atoms with Crippen molar-refractivity contribution in [3.05, 3.63) is 60.3 Å². The predicted octanol–water partition coefficient (Wildman–Crippen LogP) is 3.31. The van der Waals surface area contributed by atoms with Crippen molar-refractivity contribution in [2.24, 2.45) is 11.7 Å². The number of anilines is 1. The van der Waals surface area contributed by atoms with Crippen molar-refractivity contribution in [1.29, 1.82) is 0 Å². The van der Waals surface area contributed by atoms with Gasteiger partial charge in [-0.25, -0.2) is 31.3 Å². The van der Waals surface area contributed by atoms with Crippen LogP contribution in [-0.2, 0) is 14.6 Å². The number of carbonyl (C=O) groups excluding carboxylic acids is 1. The van der Waals surface area contributed by atoms with E-state index in [4.69, 9.17) is 5.73 Å². The predicted molar refractivity (Wildman–Crippen MR) is 132 cm³/mol. The van der Waals surface area contributed by atoms with Crippen LogP contribution in [0.1, 0.15) is 30.9 Å². The Morgan fingerprint density at radius 1 is 1.11 bits per heavy atom. The van der Waals surface area contributed by atoms with Gasteiger partial charge < -0.3 is 10.6 Å². The van der Waals surface area contributed by atoms with Gasteiger partial charge in [0.2, 0.25) is 11.8 Å². The zero-order valence-corrected chi connectivity index (χ0v) is 20.7. The number of amides is 1. The van der Waals surface area contributed by atoms with Crippen molar-refractivity contribution in [2.75, 3.05) is 29.5 Å². The number of sulfone groups is 1. The lowest BCUT2D eigenvalue weighted by Gasteiger charge is -2.34. The first-order valence-corrected chi connectivity index (χ1v) is 13.8. The minimum atomic E-state index is -3.03. The van der Waals surface area contributed by atoms with Crippen LogP contribution in [0.15, 0.2) is 48.8 Å². The average Bonchev–Trinajstić information content (AvgIpc) is 3.29. The van der Waals surface area contributed by atoms with Crippen LogP contribution in [0.25, 0.3) is 16.9 Å². The van der Waals surface area contributed by atoms with Crippen molar-refractivity contribution in [3.63, 3.8) is 0 Å². The fraction of sp³-hybridized carbons (Fsp3) is 0.400. The summed E-state index contributed by atoms with van der Waals surface area (Å²) in [6.45, 7) is 0.753. The number of hydrogen-bond acceptors (Lipinski definition) is 6. The first kappa shape index (κ1) is 25.2. The molecule has 2 fully saturated rings. The SMILES string of the molecule is NC(=O)[C@@H]1CCC(F)(F)C[C@H]1c1nn(-c2ncccc2F)cc1-c1ccc(N2CCS(=O)(=O)CC2)cc1. The molecule has 3 heterocycles. The number of pyridine rings is 1. The third-order valence-electron chi connectivity index (χ3n) is 7.13. The van der Waals surface area contributed by atoms with Crippen molar-refractivity contribution < 1.29 is 26.4 Å². The van der Waals surface area contributed by atoms with Crippen molar-refractivity contribution in [1.82, 2.24) is 14.8 Å². The van der Waals surface area contributed by atoms with E-state index in [0.717, 1.165) is 5.69 Å². The first-order valence-electron chi connectivity index (χ1n) is 12.0. The van der Waals surface area contributed by atoms with E-state index in [1.807, 2.05) is 17.0 Å². The number of halogens is 3. The highest BCUT2D eigenvalue weighted by atomic mass is 32.2. The monoisotopic (exact) mass is 533 g/mol. The van der Waals surface area contributed by atoms with Crippen molar-refractivity contribution in [2.45, 2.75) is 31.1 Å². The highest BCUT2D eigenvalue weighted by Crippen LogP contribution is 2.47. The molecule has 2 N–H and O–H groups in total. The summed E-state index contributed by atoms with van der Waals surface area (Å²) in [5.74, 6) is -6.07. The summed E-state index contributed by atoms with van der Waals surface area (Å²) >= 11 is 0. The lowest BCUT2D eigenvalue weighted by molar-refractivity contribution is -0.127. The van der Waals surface area contributed by atoms with Gasteiger partial charge in [0.05, 0.1) is 17.2 Å². The van der Waals surface area contributed by atoms with E-state index in [1.54, 1.807) is 12.1 Å². The number of nitrogens with zero attached hydrogens (tertiary/aromatic N) is 4. The van der Waals surface area contributed by atoms with E-state index in [1.165, 1.54) is 29.2 Å². The molecule has 0 bridgehead atoms. The second-order valence-electron chi connectivity index (χ2n) is 9.58. The first-order chi connectivity index (χ1) is 17.5. The number of rotatable bonds is 5. The largest absolute Gasteiger partial charge is 0.369 e. The van der Waals surface area contributed by atoms with E-state index >= 15 is 0 Å². The van der Waals surface area contributed by atoms with Crippen LogP contribution in [0.2, 0.25) is 0 Å². The summed E-state index contributed by atoms with van der Waals surface area (Å²) in [6.07, 6.45) is 1.80. The molecule has 5 rings (SSSR count). The maximum Gasteiger partial charge on any atom is 0.248 e. The van der Waals surface area contributed by atoms with Gasteiger partial charge in [-0.1, -0.05) is 12.1 Å². The Balaban J connectivity index is 1.56. The standard InChI is InChI=1S/C25H26F3N5O3S/c26-21-2-1-9-30-24(21)33-15-20(22(31-33)19-14-25(27,28)8-7-18(19)23(29)34)16-3-5-17(6-4-16)32-10-12-37(35,36)13-11-32/h1-6,9,15,18-19H,7-8,10-14H2,(H2,29,34)/t18-,19-/m1/s1. The molecule has 3 aromatic rings. The zero-order valence-electron chi connectivity index (χ0n) is 19.9. The van der Waals surface area contributed by atoms with Crippen molar-refractivity contribution >= 4 is 21.4 Å². The van der Waals surface area contributed by atoms with Crippen LogP contribution in [0.5, 0.6) is 0 Å². The molecule has 8 nitrogen and oxygen atoms in total. The summed E-state index contributed by atoms with van der Waals surface area (Å²) in [4.78, 5) is 18.2. The van der Waals surface area contributed by atoms with Crippen LogP contribution >= 0.6 is 0 Å². The fourth-order valence-corrected chi connectivity index (χ4v) is 6.32. The number of benzene rings is 1. The average molecular weight is 534 g/mol. The molecular formula is C25H26F3N5O3S.